The first-order valence-electron chi connectivity index (χ1n) is 8.06. The van der Waals surface area contributed by atoms with Gasteiger partial charge >= 0.3 is 0 Å². The predicted molar refractivity (Wildman–Crippen MR) is 106 cm³/mol. The fraction of sp³-hybridized carbons (Fsp3) is 0.588. The first kappa shape index (κ1) is 20.2. The van der Waals surface area contributed by atoms with Crippen LogP contribution < -0.4 is 5.32 Å². The highest BCUT2D eigenvalue weighted by molar-refractivity contribution is 7.99. The average Bonchev–Trinajstić information content (AvgIpc) is 2.86. The van der Waals surface area contributed by atoms with Gasteiger partial charge in [0.25, 0.3) is 0 Å². The van der Waals surface area contributed by atoms with Crippen LogP contribution in [0.2, 0.25) is 10.0 Å². The third kappa shape index (κ3) is 4.95. The fourth-order valence-electron chi connectivity index (χ4n) is 3.54. The zero-order valence-electron chi connectivity index (χ0n) is 13.6. The SMILES string of the molecule is CN(C(=O)CSCc1ccc(Cl)cc1Cl)C1CC2CCC(C1)N2.Cl. The summed E-state index contributed by atoms with van der Waals surface area (Å²) in [6.07, 6.45) is 4.69. The summed E-state index contributed by atoms with van der Waals surface area (Å²) in [5.41, 5.74) is 1.02. The van der Waals surface area contributed by atoms with Gasteiger partial charge < -0.3 is 10.2 Å². The van der Waals surface area contributed by atoms with Crippen LogP contribution in [-0.4, -0.2) is 41.7 Å². The van der Waals surface area contributed by atoms with Crippen molar-refractivity contribution < 1.29 is 4.79 Å². The number of piperidine rings is 1. The number of rotatable bonds is 5. The summed E-state index contributed by atoms with van der Waals surface area (Å²) in [6, 6.07) is 7.11. The molecule has 2 aliphatic heterocycles. The molecule has 0 aliphatic carbocycles. The molecule has 0 spiro atoms. The van der Waals surface area contributed by atoms with Crippen LogP contribution in [0.3, 0.4) is 0 Å². The summed E-state index contributed by atoms with van der Waals surface area (Å²) >= 11 is 13.7. The Morgan fingerprint density at radius 1 is 1.29 bits per heavy atom. The van der Waals surface area contributed by atoms with Gasteiger partial charge in [0.05, 0.1) is 5.75 Å². The van der Waals surface area contributed by atoms with E-state index >= 15 is 0 Å². The lowest BCUT2D eigenvalue weighted by Gasteiger charge is -2.35. The third-order valence-corrected chi connectivity index (χ3v) is 6.44. The van der Waals surface area contributed by atoms with Crippen molar-refractivity contribution in [2.24, 2.45) is 0 Å². The van der Waals surface area contributed by atoms with Gasteiger partial charge in [-0.3, -0.25) is 4.79 Å². The molecule has 0 aromatic heterocycles. The Morgan fingerprint density at radius 3 is 2.58 bits per heavy atom. The summed E-state index contributed by atoms with van der Waals surface area (Å²) in [5.74, 6) is 1.44. The number of hydrogen-bond acceptors (Lipinski definition) is 3. The smallest absolute Gasteiger partial charge is 0.232 e. The van der Waals surface area contributed by atoms with Crippen molar-refractivity contribution in [2.45, 2.75) is 49.6 Å². The van der Waals surface area contributed by atoms with Gasteiger partial charge in [-0.15, -0.1) is 24.2 Å². The number of nitrogens with one attached hydrogen (secondary N) is 1. The van der Waals surface area contributed by atoms with E-state index in [1.54, 1.807) is 17.8 Å². The van der Waals surface area contributed by atoms with E-state index in [9.17, 15) is 4.79 Å². The largest absolute Gasteiger partial charge is 0.342 e. The van der Waals surface area contributed by atoms with Crippen LogP contribution in [0, 0.1) is 0 Å². The van der Waals surface area contributed by atoms with Crippen LogP contribution in [0.5, 0.6) is 0 Å². The van der Waals surface area contributed by atoms with Gasteiger partial charge in [0.15, 0.2) is 0 Å². The van der Waals surface area contributed by atoms with Gasteiger partial charge in [-0.1, -0.05) is 29.3 Å². The molecule has 2 heterocycles. The average molecular weight is 410 g/mol. The van der Waals surface area contributed by atoms with Crippen LogP contribution in [0.15, 0.2) is 18.2 Å². The van der Waals surface area contributed by atoms with Gasteiger partial charge in [-0.05, 0) is 43.4 Å². The number of carbonyl (C=O) groups excluding carboxylic acids is 1. The Bertz CT molecular complexity index is 575. The van der Waals surface area contributed by atoms with Gasteiger partial charge in [0.1, 0.15) is 0 Å². The van der Waals surface area contributed by atoms with Crippen molar-refractivity contribution in [2.75, 3.05) is 12.8 Å². The minimum absolute atomic E-state index is 0. The molecule has 2 bridgehead atoms. The summed E-state index contributed by atoms with van der Waals surface area (Å²) in [4.78, 5) is 14.4. The maximum absolute atomic E-state index is 12.4. The molecular formula is C17H23Cl3N2OS. The third-order valence-electron chi connectivity index (χ3n) is 4.89. The molecule has 2 atom stereocenters. The summed E-state index contributed by atoms with van der Waals surface area (Å²) in [6.45, 7) is 0. The molecule has 3 rings (SSSR count). The Kier molecular flexibility index (Phi) is 7.57. The summed E-state index contributed by atoms with van der Waals surface area (Å²) in [5, 5.41) is 4.93. The molecule has 2 fully saturated rings. The predicted octanol–water partition coefficient (Wildman–Crippen LogP) is 4.39. The number of nitrogens with zero attached hydrogens (tertiary/aromatic N) is 1. The highest BCUT2D eigenvalue weighted by Gasteiger charge is 2.36. The Labute approximate surface area is 164 Å². The van der Waals surface area contributed by atoms with E-state index in [2.05, 4.69) is 5.32 Å². The van der Waals surface area contributed by atoms with Gasteiger partial charge in [0, 0.05) is 41.0 Å². The Balaban J connectivity index is 0.00000208. The molecule has 1 aromatic carbocycles. The van der Waals surface area contributed by atoms with Crippen molar-refractivity contribution in [3.63, 3.8) is 0 Å². The normalized spacial score (nSPS) is 25.2. The Hall–Kier alpha value is -0.130. The maximum atomic E-state index is 12.4. The summed E-state index contributed by atoms with van der Waals surface area (Å²) in [7, 11) is 1.95. The minimum Gasteiger partial charge on any atom is -0.342 e. The standard InChI is InChI=1S/C17H22Cl2N2OS.ClH/c1-21(15-7-13-4-5-14(8-15)20-13)17(22)10-23-9-11-2-3-12(18)6-16(11)19;/h2-3,6,13-15,20H,4-5,7-10H2,1H3;1H. The second-order valence-electron chi connectivity index (χ2n) is 6.50. The zero-order chi connectivity index (χ0) is 16.4. The second-order valence-corrected chi connectivity index (χ2v) is 8.33. The molecule has 24 heavy (non-hydrogen) atoms. The second kappa shape index (κ2) is 9.00. The van der Waals surface area contributed by atoms with Crippen LogP contribution in [0.4, 0.5) is 0 Å². The number of halogens is 3. The number of fused-ring (bicyclic) bond motifs is 2. The molecule has 0 radical (unpaired) electrons. The molecule has 1 aromatic rings. The van der Waals surface area contributed by atoms with Gasteiger partial charge in [-0.2, -0.15) is 0 Å². The minimum atomic E-state index is 0. The molecule has 2 unspecified atom stereocenters. The molecule has 134 valence electrons. The number of hydrogen-bond donors (Lipinski definition) is 1. The number of amides is 1. The van der Waals surface area contributed by atoms with E-state index in [0.29, 0.717) is 33.9 Å². The van der Waals surface area contributed by atoms with E-state index < -0.39 is 0 Å². The molecule has 1 N–H and O–H groups in total. The monoisotopic (exact) mass is 408 g/mol. The fourth-order valence-corrected chi connectivity index (χ4v) is 5.04. The zero-order valence-corrected chi connectivity index (χ0v) is 16.8. The number of thioether (sulfide) groups is 1. The van der Waals surface area contributed by atoms with Crippen molar-refractivity contribution in [1.82, 2.24) is 10.2 Å². The molecule has 0 saturated carbocycles. The molecule has 2 saturated heterocycles. The lowest BCUT2D eigenvalue weighted by molar-refractivity contribution is -0.129. The highest BCUT2D eigenvalue weighted by Crippen LogP contribution is 2.30. The van der Waals surface area contributed by atoms with Gasteiger partial charge in [-0.25, -0.2) is 0 Å². The van der Waals surface area contributed by atoms with Crippen molar-refractivity contribution >= 4 is 53.3 Å². The first-order chi connectivity index (χ1) is 11.0. The maximum Gasteiger partial charge on any atom is 0.232 e. The van der Waals surface area contributed by atoms with E-state index in [0.717, 1.165) is 24.2 Å². The molecular weight excluding hydrogens is 387 g/mol. The number of carbonyl (C=O) groups is 1. The molecule has 3 nitrogen and oxygen atoms in total. The number of benzene rings is 1. The topological polar surface area (TPSA) is 32.3 Å². The van der Waals surface area contributed by atoms with Crippen molar-refractivity contribution in [3.05, 3.63) is 33.8 Å². The van der Waals surface area contributed by atoms with E-state index in [1.165, 1.54) is 12.8 Å². The molecule has 2 aliphatic rings. The van der Waals surface area contributed by atoms with Gasteiger partial charge in [0.2, 0.25) is 5.91 Å². The van der Waals surface area contributed by atoms with Crippen LogP contribution in [-0.2, 0) is 10.5 Å². The summed E-state index contributed by atoms with van der Waals surface area (Å²) < 4.78 is 0. The quantitative estimate of drug-likeness (QED) is 0.783. The van der Waals surface area contributed by atoms with E-state index in [4.69, 9.17) is 23.2 Å². The molecule has 7 heteroatoms. The lowest BCUT2D eigenvalue weighted by Crippen LogP contribution is -2.49. The van der Waals surface area contributed by atoms with Crippen molar-refractivity contribution in [1.29, 1.82) is 0 Å². The Morgan fingerprint density at radius 2 is 1.96 bits per heavy atom. The lowest BCUT2D eigenvalue weighted by atomic mass is 9.98. The highest BCUT2D eigenvalue weighted by atomic mass is 35.5. The van der Waals surface area contributed by atoms with E-state index in [-0.39, 0.29) is 18.3 Å². The van der Waals surface area contributed by atoms with Crippen LogP contribution in [0.1, 0.15) is 31.2 Å². The van der Waals surface area contributed by atoms with Crippen LogP contribution in [0.25, 0.3) is 0 Å². The van der Waals surface area contributed by atoms with Crippen LogP contribution >= 0.6 is 47.4 Å². The molecule has 1 amide bonds. The van der Waals surface area contributed by atoms with Crippen molar-refractivity contribution in [3.8, 4) is 0 Å². The van der Waals surface area contributed by atoms with E-state index in [1.807, 2.05) is 24.1 Å². The first-order valence-corrected chi connectivity index (χ1v) is 9.97.